The molecular weight excluding hydrogens is 1150 g/mol. The summed E-state index contributed by atoms with van der Waals surface area (Å²) < 4.78 is 32.2. The second-order valence-corrected chi connectivity index (χ2v) is 33.8. The second kappa shape index (κ2) is 32.9. The van der Waals surface area contributed by atoms with E-state index in [-0.39, 0.29) is 56.2 Å². The van der Waals surface area contributed by atoms with Crippen LogP contribution in [0.2, 0.25) is 0 Å². The molecule has 3 heterocycles. The Kier molecular flexibility index (Phi) is 27.6. The quantitative estimate of drug-likeness (QED) is 0.0343. The predicted octanol–water partition coefficient (Wildman–Crippen LogP) is 11.3. The Morgan fingerprint density at radius 2 is 1.14 bits per heavy atom. The normalized spacial score (nSPS) is 33.8. The molecule has 15 heteroatoms. The Hall–Kier alpha value is -3.37. The van der Waals surface area contributed by atoms with Crippen LogP contribution in [0.1, 0.15) is 205 Å². The molecule has 3 fully saturated rings. The van der Waals surface area contributed by atoms with Crippen molar-refractivity contribution in [1.82, 2.24) is 9.80 Å². The molecule has 1 amide bonds. The minimum atomic E-state index is -2.40. The first kappa shape index (κ1) is 75.7. The number of rotatable bonds is 23. The zero-order valence-corrected chi connectivity index (χ0v) is 60.1. The number of nitrogens with zero attached hydrogens (tertiary/aromatic N) is 2. The smallest absolute Gasteiger partial charge is 0.126 e. The van der Waals surface area contributed by atoms with Gasteiger partial charge in [-0.2, -0.15) is 0 Å². The van der Waals surface area contributed by atoms with Crippen LogP contribution in [0.5, 0.6) is 0 Å². The average Bonchev–Trinajstić information content (AvgIpc) is 0.811. The molecule has 0 spiro atoms. The van der Waals surface area contributed by atoms with E-state index in [1.54, 1.807) is 39.5 Å². The minimum Gasteiger partial charge on any atom is -0.388 e. The Labute approximate surface area is 544 Å². The van der Waals surface area contributed by atoms with Crippen molar-refractivity contribution in [2.45, 2.75) is 298 Å². The van der Waals surface area contributed by atoms with Crippen molar-refractivity contribution in [2.75, 3.05) is 33.9 Å². The van der Waals surface area contributed by atoms with Gasteiger partial charge in [0.1, 0.15) is 30.0 Å². The van der Waals surface area contributed by atoms with Crippen LogP contribution in [0.3, 0.4) is 0 Å². The number of benzene rings is 3. The Balaban J connectivity index is 1.12. The Morgan fingerprint density at radius 1 is 0.678 bits per heavy atom. The standard InChI is InChI=1S/C75H123N2O12P/c1-20-64-75(16,84)68(80)57(12)77(46-53(8)44-73(14,83)70(89-72-67(79)62(76(17)18)43-54(9)86-72)55(10)66(56(11)71(82)88-64)63-45-74(15,85-19)69(81)58(13)87-63)65(78)32-30-28-26-24-22-21-23-25-27-29-31-33-90(59-37-47(2)34-48(3)38-59,60-39-49(4)35-50(5)40-60)61-41-51(6)36-52(7)42-61/h34-42,53-58,62-64,66-70,72,79-81,83-84,90H,20-33,43-46H2,1-19H3/t53-,54-,55+,56-,57-,58+,62+,63?,64-,66+,67-,68-,69+,70-,72+,73-,74-,75-/m1/s1. The summed E-state index contributed by atoms with van der Waals surface area (Å²) in [6.45, 7) is 31.4. The number of ether oxygens (including phenoxy) is 5. The van der Waals surface area contributed by atoms with Crippen molar-refractivity contribution in [3.63, 3.8) is 0 Å². The molecule has 0 radical (unpaired) electrons. The van der Waals surface area contributed by atoms with E-state index in [4.69, 9.17) is 23.7 Å². The molecule has 0 aromatic heterocycles. The van der Waals surface area contributed by atoms with E-state index >= 15 is 0 Å². The van der Waals surface area contributed by atoms with E-state index in [1.807, 2.05) is 46.7 Å². The van der Waals surface area contributed by atoms with Gasteiger partial charge >= 0.3 is 235 Å². The minimum absolute atomic E-state index is 0.109. The molecule has 90 heavy (non-hydrogen) atoms. The fraction of sp³-hybridized carbons (Fsp3) is 0.733. The summed E-state index contributed by atoms with van der Waals surface area (Å²) in [7, 11) is 2.93. The van der Waals surface area contributed by atoms with Crippen LogP contribution < -0.4 is 15.9 Å². The molecule has 3 aromatic rings. The van der Waals surface area contributed by atoms with Crippen LogP contribution in [-0.2, 0) is 33.3 Å². The maximum absolute atomic E-state index is 14.9. The summed E-state index contributed by atoms with van der Waals surface area (Å²) in [6.07, 6.45) is 5.69. The van der Waals surface area contributed by atoms with Crippen molar-refractivity contribution in [3.8, 4) is 0 Å². The van der Waals surface area contributed by atoms with E-state index in [0.717, 1.165) is 25.7 Å². The topological polar surface area (TPSA) is 188 Å². The molecule has 3 aliphatic rings. The number of aliphatic hydroxyl groups excluding tert-OH is 3. The largest absolute Gasteiger partial charge is 0.388 e. The van der Waals surface area contributed by atoms with Crippen LogP contribution in [0.25, 0.3) is 0 Å². The van der Waals surface area contributed by atoms with E-state index in [0.29, 0.717) is 12.8 Å². The summed E-state index contributed by atoms with van der Waals surface area (Å²) in [5.41, 5.74) is 3.25. The van der Waals surface area contributed by atoms with E-state index < -0.39 is 103 Å². The van der Waals surface area contributed by atoms with Crippen LogP contribution in [0.4, 0.5) is 0 Å². The van der Waals surface area contributed by atoms with Crippen molar-refractivity contribution in [1.29, 1.82) is 0 Å². The van der Waals surface area contributed by atoms with Gasteiger partial charge in [0.05, 0.1) is 47.6 Å². The maximum atomic E-state index is 14.9. The summed E-state index contributed by atoms with van der Waals surface area (Å²) in [5.74, 6) is -3.61. The Bertz CT molecular complexity index is 2590. The molecule has 3 saturated heterocycles. The first-order valence-corrected chi connectivity index (χ1v) is 36.8. The number of likely N-dealkylation sites (N-methyl/N-ethyl adjacent to an activating group) is 1. The number of hydrogen-bond donors (Lipinski definition) is 5. The maximum Gasteiger partial charge on any atom is 0.126 e. The van der Waals surface area contributed by atoms with Gasteiger partial charge < -0.3 is 59.0 Å². The number of unbranched alkanes of at least 4 members (excludes halogenated alkanes) is 10. The van der Waals surface area contributed by atoms with Crippen LogP contribution in [0.15, 0.2) is 54.6 Å². The van der Waals surface area contributed by atoms with E-state index in [1.165, 1.54) is 108 Å². The number of methoxy groups -OCH3 is 1. The van der Waals surface area contributed by atoms with Gasteiger partial charge in [0.15, 0.2) is 6.29 Å². The van der Waals surface area contributed by atoms with Gasteiger partial charge in [-0.05, 0) is 86.7 Å². The van der Waals surface area contributed by atoms with Crippen molar-refractivity contribution >= 4 is 35.1 Å². The molecule has 0 bridgehead atoms. The number of carbonyl (C=O) groups excluding carboxylic acids is 2. The number of amides is 1. The van der Waals surface area contributed by atoms with Crippen molar-refractivity contribution < 1.29 is 58.8 Å². The van der Waals surface area contributed by atoms with Gasteiger partial charge in [-0.3, -0.25) is 9.59 Å². The zero-order chi connectivity index (χ0) is 66.8. The molecule has 3 aromatic carbocycles. The number of aryl methyl sites for hydroxylation is 6. The van der Waals surface area contributed by atoms with E-state index in [2.05, 4.69) is 96.1 Å². The number of hydrogen-bond acceptors (Lipinski definition) is 13. The fourth-order valence-corrected chi connectivity index (χ4v) is 21.9. The molecule has 0 aliphatic carbocycles. The molecule has 3 aliphatic heterocycles. The molecule has 510 valence electrons. The van der Waals surface area contributed by atoms with Gasteiger partial charge in [0.2, 0.25) is 5.91 Å². The summed E-state index contributed by atoms with van der Waals surface area (Å²) in [6, 6.07) is 20.6. The summed E-state index contributed by atoms with van der Waals surface area (Å²) in [4.78, 5) is 33.1. The number of cyclic esters (lactones) is 1. The number of aliphatic hydroxyl groups is 5. The predicted molar refractivity (Wildman–Crippen MR) is 367 cm³/mol. The van der Waals surface area contributed by atoms with Gasteiger partial charge in [-0.1, -0.05) is 27.7 Å². The molecule has 0 saturated carbocycles. The third kappa shape index (κ3) is 18.5. The van der Waals surface area contributed by atoms with Gasteiger partial charge in [-0.15, -0.1) is 0 Å². The van der Waals surface area contributed by atoms with Gasteiger partial charge in [0.25, 0.3) is 0 Å². The molecular formula is C75H123N2O12P. The number of carbonyl (C=O) groups is 2. The summed E-state index contributed by atoms with van der Waals surface area (Å²) in [5, 5.41) is 65.6. The fourth-order valence-electron chi connectivity index (χ4n) is 16.4. The van der Waals surface area contributed by atoms with Crippen molar-refractivity contribution in [2.24, 2.45) is 23.7 Å². The first-order chi connectivity index (χ1) is 42.2. The van der Waals surface area contributed by atoms with Crippen LogP contribution >= 0.6 is 7.26 Å². The third-order valence-electron chi connectivity index (χ3n) is 21.2. The van der Waals surface area contributed by atoms with Gasteiger partial charge in [0, 0.05) is 38.5 Å². The molecule has 5 N–H and O–H groups in total. The number of esters is 1. The van der Waals surface area contributed by atoms with Crippen LogP contribution in [-0.4, -0.2) is 165 Å². The Morgan fingerprint density at radius 3 is 1.60 bits per heavy atom. The molecule has 1 unspecified atom stereocenters. The average molecular weight is 1280 g/mol. The van der Waals surface area contributed by atoms with Gasteiger partial charge in [-0.25, -0.2) is 0 Å². The summed E-state index contributed by atoms with van der Waals surface area (Å²) >= 11 is 0. The second-order valence-electron chi connectivity index (χ2n) is 29.8. The molecule has 6 rings (SSSR count). The van der Waals surface area contributed by atoms with Crippen molar-refractivity contribution in [3.05, 3.63) is 88.0 Å². The molecule has 18 atom stereocenters. The first-order valence-electron chi connectivity index (χ1n) is 34.6. The SMILES string of the molecule is CC[C@H]1OC(=O)[C@H](C)[C@@H](C2C[C@@](C)(OC)[C@@H](O)[C@H](C)O2)[C@H](C)[C@@H](O[C@@H]2O[C@H](C)C[C@H](N(C)C)[C@H]2O)[C@](C)(O)C[C@@H](C)CN(C(=O)CCCCCCCCCCCCC[PH](c2cc(C)cc(C)c2)(c2cc(C)cc(C)c2)c2cc(C)cc(C)c2)[C@H](C)[C@@H](O)[C@]1(C)O. The molecule has 14 nitrogen and oxygen atoms in total. The monoisotopic (exact) mass is 1270 g/mol. The van der Waals surface area contributed by atoms with Crippen LogP contribution in [0, 0.1) is 65.2 Å². The van der Waals surface area contributed by atoms with E-state index in [9.17, 15) is 35.1 Å². The third-order valence-corrected chi connectivity index (χ3v) is 26.1. The zero-order valence-electron chi connectivity index (χ0n) is 59.1.